The molecule has 4 heteroatoms. The van der Waals surface area contributed by atoms with Gasteiger partial charge in [-0.1, -0.05) is 37.3 Å². The van der Waals surface area contributed by atoms with E-state index in [0.29, 0.717) is 11.3 Å². The molecule has 1 heterocycles. The summed E-state index contributed by atoms with van der Waals surface area (Å²) in [5.74, 6) is 0.998. The molecule has 21 heavy (non-hydrogen) atoms. The summed E-state index contributed by atoms with van der Waals surface area (Å²) in [6.45, 7) is 2.97. The average Bonchev–Trinajstić information content (AvgIpc) is 2.54. The van der Waals surface area contributed by atoms with Gasteiger partial charge in [-0.05, 0) is 30.0 Å². The van der Waals surface area contributed by atoms with Gasteiger partial charge >= 0.3 is 0 Å². The Morgan fingerprint density at radius 2 is 1.86 bits per heavy atom. The second-order valence-electron chi connectivity index (χ2n) is 4.91. The second-order valence-corrected chi connectivity index (χ2v) is 4.91. The fourth-order valence-electron chi connectivity index (χ4n) is 2.29. The summed E-state index contributed by atoms with van der Waals surface area (Å²) in [5, 5.41) is 23.8. The lowest BCUT2D eigenvalue weighted by Crippen LogP contribution is -2.02. The Kier molecular flexibility index (Phi) is 3.69. The van der Waals surface area contributed by atoms with E-state index in [1.54, 1.807) is 0 Å². The number of benzene rings is 2. The van der Waals surface area contributed by atoms with Gasteiger partial charge in [0.25, 0.3) is 0 Å². The van der Waals surface area contributed by atoms with E-state index in [1.165, 1.54) is 0 Å². The highest BCUT2D eigenvalue weighted by Gasteiger charge is 2.09. The number of hydrogen-bond acceptors (Lipinski definition) is 4. The first-order valence-corrected chi connectivity index (χ1v) is 7.08. The maximum Gasteiger partial charge on any atom is 0.148 e. The van der Waals surface area contributed by atoms with Gasteiger partial charge in [-0.3, -0.25) is 0 Å². The lowest BCUT2D eigenvalue weighted by atomic mass is 10.0. The summed E-state index contributed by atoms with van der Waals surface area (Å²) < 4.78 is 0. The molecule has 0 fully saturated rings. The predicted octanol–water partition coefficient (Wildman–Crippen LogP) is 3.82. The topological polar surface area (TPSA) is 58.0 Å². The SMILES string of the molecule is CCCNc1ccc(-c2ccc3ccccc3c2O)nn1. The fraction of sp³-hybridized carbons (Fsp3) is 0.176. The highest BCUT2D eigenvalue weighted by atomic mass is 16.3. The molecule has 106 valence electrons. The van der Waals surface area contributed by atoms with Crippen molar-refractivity contribution in [1.82, 2.24) is 10.2 Å². The van der Waals surface area contributed by atoms with Gasteiger partial charge in [0.1, 0.15) is 11.6 Å². The molecule has 0 saturated carbocycles. The first kappa shape index (κ1) is 13.4. The molecule has 0 unspecified atom stereocenters. The largest absolute Gasteiger partial charge is 0.507 e. The van der Waals surface area contributed by atoms with E-state index in [4.69, 9.17) is 0 Å². The molecule has 0 aliphatic rings. The Balaban J connectivity index is 1.98. The number of aromatic nitrogens is 2. The number of rotatable bonds is 4. The Morgan fingerprint density at radius 1 is 1.00 bits per heavy atom. The van der Waals surface area contributed by atoms with Crippen LogP contribution in [0.4, 0.5) is 5.82 Å². The van der Waals surface area contributed by atoms with E-state index in [9.17, 15) is 5.11 Å². The highest BCUT2D eigenvalue weighted by molar-refractivity contribution is 5.94. The first-order chi connectivity index (χ1) is 10.3. The number of fused-ring (bicyclic) bond motifs is 1. The molecule has 0 saturated heterocycles. The van der Waals surface area contributed by atoms with E-state index in [0.717, 1.165) is 29.6 Å². The zero-order valence-corrected chi connectivity index (χ0v) is 11.9. The van der Waals surface area contributed by atoms with Crippen LogP contribution in [0.2, 0.25) is 0 Å². The Hall–Kier alpha value is -2.62. The van der Waals surface area contributed by atoms with E-state index in [2.05, 4.69) is 22.4 Å². The number of aromatic hydroxyl groups is 1. The summed E-state index contributed by atoms with van der Waals surface area (Å²) in [5.41, 5.74) is 1.36. The van der Waals surface area contributed by atoms with Gasteiger partial charge in [-0.25, -0.2) is 0 Å². The predicted molar refractivity (Wildman–Crippen MR) is 85.4 cm³/mol. The van der Waals surface area contributed by atoms with Crippen LogP contribution in [0.1, 0.15) is 13.3 Å². The van der Waals surface area contributed by atoms with Crippen molar-refractivity contribution in [3.63, 3.8) is 0 Å². The normalized spacial score (nSPS) is 10.7. The molecule has 4 nitrogen and oxygen atoms in total. The smallest absolute Gasteiger partial charge is 0.148 e. The minimum Gasteiger partial charge on any atom is -0.507 e. The van der Waals surface area contributed by atoms with Gasteiger partial charge in [0.15, 0.2) is 0 Å². The minimum absolute atomic E-state index is 0.247. The minimum atomic E-state index is 0.247. The van der Waals surface area contributed by atoms with Crippen LogP contribution in [-0.4, -0.2) is 21.8 Å². The summed E-state index contributed by atoms with van der Waals surface area (Å²) in [7, 11) is 0. The van der Waals surface area contributed by atoms with Gasteiger partial charge in [0.05, 0.1) is 5.69 Å². The van der Waals surface area contributed by atoms with Gasteiger partial charge in [0, 0.05) is 17.5 Å². The number of nitrogens with zero attached hydrogens (tertiary/aromatic N) is 2. The van der Waals surface area contributed by atoms with Gasteiger partial charge in [0.2, 0.25) is 0 Å². The zero-order valence-electron chi connectivity index (χ0n) is 11.9. The van der Waals surface area contributed by atoms with Crippen LogP contribution >= 0.6 is 0 Å². The van der Waals surface area contributed by atoms with E-state index in [1.807, 2.05) is 48.5 Å². The highest BCUT2D eigenvalue weighted by Crippen LogP contribution is 2.34. The summed E-state index contributed by atoms with van der Waals surface area (Å²) >= 11 is 0. The number of hydrogen-bond donors (Lipinski definition) is 2. The summed E-state index contributed by atoms with van der Waals surface area (Å²) in [4.78, 5) is 0. The fourth-order valence-corrected chi connectivity index (χ4v) is 2.29. The van der Waals surface area contributed by atoms with Gasteiger partial charge in [-0.15, -0.1) is 10.2 Å². The molecule has 3 rings (SSSR count). The molecule has 0 atom stereocenters. The number of nitrogens with one attached hydrogen (secondary N) is 1. The van der Waals surface area contributed by atoms with Crippen LogP contribution in [0.3, 0.4) is 0 Å². The third kappa shape index (κ3) is 2.65. The van der Waals surface area contributed by atoms with Crippen molar-refractivity contribution in [3.05, 3.63) is 48.5 Å². The molecule has 0 aliphatic carbocycles. The molecule has 0 bridgehead atoms. The Morgan fingerprint density at radius 3 is 2.62 bits per heavy atom. The molecule has 1 aromatic heterocycles. The van der Waals surface area contributed by atoms with Crippen molar-refractivity contribution in [2.45, 2.75) is 13.3 Å². The molecule has 2 aromatic carbocycles. The number of phenols is 1. The van der Waals surface area contributed by atoms with E-state index in [-0.39, 0.29) is 5.75 Å². The van der Waals surface area contributed by atoms with Gasteiger partial charge < -0.3 is 10.4 Å². The van der Waals surface area contributed by atoms with Crippen molar-refractivity contribution in [1.29, 1.82) is 0 Å². The Bertz CT molecular complexity index is 754. The quantitative estimate of drug-likeness (QED) is 0.762. The molecule has 0 radical (unpaired) electrons. The standard InChI is InChI=1S/C17H17N3O/c1-2-11-18-16-10-9-15(19-20-16)14-8-7-12-5-3-4-6-13(12)17(14)21/h3-10,21H,2,11H2,1H3,(H,18,20). The van der Waals surface area contributed by atoms with Crippen molar-refractivity contribution < 1.29 is 5.11 Å². The number of anilines is 1. The van der Waals surface area contributed by atoms with Crippen molar-refractivity contribution in [2.75, 3.05) is 11.9 Å². The van der Waals surface area contributed by atoms with Crippen LogP contribution in [0, 0.1) is 0 Å². The monoisotopic (exact) mass is 279 g/mol. The third-order valence-electron chi connectivity index (χ3n) is 3.40. The lowest BCUT2D eigenvalue weighted by molar-refractivity contribution is 0.483. The maximum absolute atomic E-state index is 10.4. The number of phenolic OH excluding ortho intramolecular Hbond substituents is 1. The lowest BCUT2D eigenvalue weighted by Gasteiger charge is -2.08. The molecular formula is C17H17N3O. The first-order valence-electron chi connectivity index (χ1n) is 7.08. The molecule has 0 spiro atoms. The molecule has 0 amide bonds. The Labute approximate surface area is 123 Å². The van der Waals surface area contributed by atoms with Crippen LogP contribution in [0.5, 0.6) is 5.75 Å². The van der Waals surface area contributed by atoms with Crippen LogP contribution in [0.15, 0.2) is 48.5 Å². The average molecular weight is 279 g/mol. The van der Waals surface area contributed by atoms with E-state index >= 15 is 0 Å². The van der Waals surface area contributed by atoms with Gasteiger partial charge in [-0.2, -0.15) is 0 Å². The molecule has 3 aromatic rings. The molecular weight excluding hydrogens is 262 g/mol. The summed E-state index contributed by atoms with van der Waals surface area (Å²) in [6, 6.07) is 15.4. The summed E-state index contributed by atoms with van der Waals surface area (Å²) in [6.07, 6.45) is 1.04. The van der Waals surface area contributed by atoms with Crippen LogP contribution in [-0.2, 0) is 0 Å². The zero-order chi connectivity index (χ0) is 14.7. The molecule has 2 N–H and O–H groups in total. The third-order valence-corrected chi connectivity index (χ3v) is 3.40. The van der Waals surface area contributed by atoms with Crippen LogP contribution in [0.25, 0.3) is 22.0 Å². The molecule has 0 aliphatic heterocycles. The van der Waals surface area contributed by atoms with Crippen LogP contribution < -0.4 is 5.32 Å². The maximum atomic E-state index is 10.4. The van der Waals surface area contributed by atoms with Crippen molar-refractivity contribution in [2.24, 2.45) is 0 Å². The van der Waals surface area contributed by atoms with Crippen molar-refractivity contribution >= 4 is 16.6 Å². The van der Waals surface area contributed by atoms with Crippen molar-refractivity contribution in [3.8, 4) is 17.0 Å². The van der Waals surface area contributed by atoms with E-state index < -0.39 is 0 Å². The second kappa shape index (κ2) is 5.79.